The average molecular weight is 484 g/mol. The van der Waals surface area contributed by atoms with Crippen molar-refractivity contribution in [2.24, 2.45) is 12.8 Å². The van der Waals surface area contributed by atoms with Crippen molar-refractivity contribution in [1.82, 2.24) is 19.1 Å². The molecule has 11 nitrogen and oxygen atoms in total. The van der Waals surface area contributed by atoms with Gasteiger partial charge in [-0.2, -0.15) is 0 Å². The Bertz CT molecular complexity index is 1170. The number of nitrogens with one attached hydrogen (secondary N) is 1. The van der Waals surface area contributed by atoms with Gasteiger partial charge in [-0.25, -0.2) is 9.78 Å². The van der Waals surface area contributed by atoms with E-state index in [1.54, 1.807) is 14.2 Å². The number of ether oxygens (including phenoxy) is 2. The van der Waals surface area contributed by atoms with E-state index in [4.69, 9.17) is 20.3 Å². The number of halogens is 1. The summed E-state index contributed by atoms with van der Waals surface area (Å²) in [5.41, 5.74) is 5.53. The van der Waals surface area contributed by atoms with Gasteiger partial charge in [0, 0.05) is 7.05 Å². The molecular weight excluding hydrogens is 462 g/mol. The zero-order chi connectivity index (χ0) is 22.4. The Kier molecular flexibility index (Phi) is 7.78. The summed E-state index contributed by atoms with van der Waals surface area (Å²) in [4.78, 5) is 39.7. The molecule has 162 valence electrons. The summed E-state index contributed by atoms with van der Waals surface area (Å²) in [6.07, 6.45) is 0.861. The van der Waals surface area contributed by atoms with Gasteiger partial charge in [0.15, 0.2) is 27.4 Å². The molecule has 12 heteroatoms. The molecule has 0 spiro atoms. The molecule has 4 N–H and O–H groups in total. The normalized spacial score (nSPS) is 10.4. The molecule has 3 aromatic rings. The van der Waals surface area contributed by atoms with E-state index >= 15 is 0 Å². The molecule has 0 bridgehead atoms. The van der Waals surface area contributed by atoms with Gasteiger partial charge in [0.1, 0.15) is 6.54 Å². The van der Waals surface area contributed by atoms with E-state index in [1.807, 2.05) is 18.2 Å². The Morgan fingerprint density at radius 1 is 1.27 bits per heavy atom. The van der Waals surface area contributed by atoms with E-state index in [0.717, 1.165) is 22.5 Å². The molecule has 0 aliphatic carbocycles. The summed E-state index contributed by atoms with van der Waals surface area (Å²) in [5.74, 6) is 0.398. The van der Waals surface area contributed by atoms with Crippen molar-refractivity contribution >= 4 is 33.1 Å². The fraction of sp³-hybridized carbons (Fsp3) is 0.333. The van der Waals surface area contributed by atoms with Crippen LogP contribution >= 0.6 is 15.9 Å². The van der Waals surface area contributed by atoms with Crippen molar-refractivity contribution in [3.8, 4) is 11.5 Å². The first-order chi connectivity index (χ1) is 14.2. The first-order valence-electron chi connectivity index (χ1n) is 8.71. The number of aryl methyl sites for hydroxylation is 1. The highest BCUT2D eigenvalue weighted by Crippen LogP contribution is 2.27. The Morgan fingerprint density at radius 3 is 2.50 bits per heavy atom. The Balaban J connectivity index is 0.000000222. The number of hydrogen-bond donors (Lipinski definition) is 3. The number of aromatic amines is 1. The number of imidazole rings is 1. The lowest BCUT2D eigenvalue weighted by Crippen LogP contribution is -2.29. The van der Waals surface area contributed by atoms with Crippen molar-refractivity contribution in [3.63, 3.8) is 0 Å². The van der Waals surface area contributed by atoms with Crippen molar-refractivity contribution < 1.29 is 19.4 Å². The number of carbonyl (C=O) groups is 1. The van der Waals surface area contributed by atoms with Crippen LogP contribution in [0.15, 0.2) is 32.5 Å². The monoisotopic (exact) mass is 483 g/mol. The second-order valence-corrected chi connectivity index (χ2v) is 6.79. The maximum atomic E-state index is 11.6. The van der Waals surface area contributed by atoms with Gasteiger partial charge < -0.3 is 24.9 Å². The molecule has 30 heavy (non-hydrogen) atoms. The standard InChI is InChI=1S/C10H15NO2.C8H7BrN4O4/c1-12-9-4-3-8(5-6-11)7-10(9)13-2;1-12-5-4(6(16)11-8(12)17)13(2-3(14)15)7(9)10-5/h3-4,7H,5-6,11H2,1-2H3;2H2,1H3,(H,14,15)(H,11,16,17). The summed E-state index contributed by atoms with van der Waals surface area (Å²) in [5, 5.41) is 8.73. The number of carboxylic acid groups (broad SMARTS) is 1. The van der Waals surface area contributed by atoms with Gasteiger partial charge in [-0.05, 0) is 46.6 Å². The number of aromatic nitrogens is 4. The largest absolute Gasteiger partial charge is 0.493 e. The first kappa shape index (κ1) is 23.2. The molecule has 0 fully saturated rings. The third kappa shape index (κ3) is 5.07. The molecule has 0 aliphatic heterocycles. The molecule has 3 rings (SSSR count). The molecule has 0 amide bonds. The summed E-state index contributed by atoms with van der Waals surface area (Å²) >= 11 is 3.05. The van der Waals surface area contributed by atoms with Crippen LogP contribution in [0.25, 0.3) is 11.2 Å². The fourth-order valence-corrected chi connectivity index (χ4v) is 3.16. The van der Waals surface area contributed by atoms with E-state index in [9.17, 15) is 14.4 Å². The van der Waals surface area contributed by atoms with Crippen LogP contribution in [0.2, 0.25) is 0 Å². The van der Waals surface area contributed by atoms with Crippen LogP contribution in [0.5, 0.6) is 11.5 Å². The molecule has 0 saturated carbocycles. The number of fused-ring (bicyclic) bond motifs is 1. The van der Waals surface area contributed by atoms with E-state index in [1.165, 1.54) is 17.2 Å². The lowest BCUT2D eigenvalue weighted by atomic mass is 10.1. The number of methoxy groups -OCH3 is 2. The topological polar surface area (TPSA) is 154 Å². The predicted molar refractivity (Wildman–Crippen MR) is 113 cm³/mol. The van der Waals surface area contributed by atoms with Crippen molar-refractivity contribution in [1.29, 1.82) is 0 Å². The maximum absolute atomic E-state index is 11.6. The van der Waals surface area contributed by atoms with Crippen LogP contribution in [0.4, 0.5) is 0 Å². The van der Waals surface area contributed by atoms with Crippen LogP contribution in [-0.4, -0.2) is 50.9 Å². The van der Waals surface area contributed by atoms with Gasteiger partial charge in [0.05, 0.1) is 14.2 Å². The minimum absolute atomic E-state index is 0.0429. The number of nitrogens with two attached hydrogens (primary N) is 1. The number of rotatable bonds is 6. The van der Waals surface area contributed by atoms with Gasteiger partial charge in [-0.15, -0.1) is 0 Å². The molecule has 0 saturated heterocycles. The smallest absolute Gasteiger partial charge is 0.329 e. The Hall–Kier alpha value is -3.12. The summed E-state index contributed by atoms with van der Waals surface area (Å²) in [7, 11) is 4.69. The van der Waals surface area contributed by atoms with Crippen LogP contribution in [0.3, 0.4) is 0 Å². The van der Waals surface area contributed by atoms with E-state index in [2.05, 4.69) is 25.9 Å². The zero-order valence-electron chi connectivity index (χ0n) is 16.6. The summed E-state index contributed by atoms with van der Waals surface area (Å²) in [6, 6.07) is 5.84. The van der Waals surface area contributed by atoms with E-state index in [0.29, 0.717) is 6.54 Å². The van der Waals surface area contributed by atoms with E-state index in [-0.39, 0.29) is 15.9 Å². The van der Waals surface area contributed by atoms with Crippen molar-refractivity contribution in [3.05, 3.63) is 49.3 Å². The molecular formula is C18H22BrN5O6. The van der Waals surface area contributed by atoms with Gasteiger partial charge in [0.25, 0.3) is 5.56 Å². The number of carboxylic acids is 1. The second-order valence-electron chi connectivity index (χ2n) is 6.08. The number of benzene rings is 1. The fourth-order valence-electron chi connectivity index (χ4n) is 2.69. The van der Waals surface area contributed by atoms with Crippen LogP contribution in [-0.2, 0) is 24.8 Å². The van der Waals surface area contributed by atoms with Gasteiger partial charge in [0.2, 0.25) is 0 Å². The molecule has 0 unspecified atom stereocenters. The SMILES string of the molecule is COc1ccc(CCN)cc1OC.Cn1c(=O)[nH]c(=O)c2c1nc(Br)n2CC(=O)O. The third-order valence-electron chi connectivity index (χ3n) is 4.13. The van der Waals surface area contributed by atoms with E-state index < -0.39 is 23.8 Å². The van der Waals surface area contributed by atoms with Crippen LogP contribution in [0, 0.1) is 0 Å². The summed E-state index contributed by atoms with van der Waals surface area (Å²) in [6.45, 7) is 0.230. The first-order valence-corrected chi connectivity index (χ1v) is 9.50. The number of nitrogens with zero attached hydrogens (tertiary/aromatic N) is 3. The Labute approximate surface area is 179 Å². The van der Waals surface area contributed by atoms with Crippen molar-refractivity contribution in [2.45, 2.75) is 13.0 Å². The molecule has 1 aromatic carbocycles. The molecule has 0 radical (unpaired) electrons. The lowest BCUT2D eigenvalue weighted by Gasteiger charge is -2.08. The minimum atomic E-state index is -1.11. The molecule has 0 atom stereocenters. The lowest BCUT2D eigenvalue weighted by molar-refractivity contribution is -0.137. The van der Waals surface area contributed by atoms with Crippen LogP contribution < -0.4 is 26.5 Å². The maximum Gasteiger partial charge on any atom is 0.329 e. The van der Waals surface area contributed by atoms with Crippen molar-refractivity contribution in [2.75, 3.05) is 20.8 Å². The number of H-pyrrole nitrogens is 1. The van der Waals surface area contributed by atoms with Crippen LogP contribution in [0.1, 0.15) is 5.56 Å². The highest BCUT2D eigenvalue weighted by molar-refractivity contribution is 9.10. The summed E-state index contributed by atoms with van der Waals surface area (Å²) < 4.78 is 12.8. The average Bonchev–Trinajstić information content (AvgIpc) is 3.03. The van der Waals surface area contributed by atoms with Gasteiger partial charge in [-0.3, -0.25) is 19.1 Å². The van der Waals surface area contributed by atoms with Gasteiger partial charge >= 0.3 is 11.7 Å². The minimum Gasteiger partial charge on any atom is -0.493 e. The molecule has 2 heterocycles. The quantitative estimate of drug-likeness (QED) is 0.427. The molecule has 2 aromatic heterocycles. The zero-order valence-corrected chi connectivity index (χ0v) is 18.2. The second kappa shape index (κ2) is 10.1. The third-order valence-corrected chi connectivity index (χ3v) is 4.74. The number of hydrogen-bond acceptors (Lipinski definition) is 7. The Morgan fingerprint density at radius 2 is 1.93 bits per heavy atom. The predicted octanol–water partition coefficient (Wildman–Crippen LogP) is 0.475. The van der Waals surface area contributed by atoms with Gasteiger partial charge in [-0.1, -0.05) is 6.07 Å². The highest BCUT2D eigenvalue weighted by atomic mass is 79.9. The molecule has 0 aliphatic rings. The number of aliphatic carboxylic acids is 1. The highest BCUT2D eigenvalue weighted by Gasteiger charge is 2.17.